The fourth-order valence-corrected chi connectivity index (χ4v) is 3.13. The molecule has 1 aliphatic rings. The van der Waals surface area contributed by atoms with Gasteiger partial charge < -0.3 is 10.1 Å². The number of rotatable bonds is 4. The van der Waals surface area contributed by atoms with Crippen molar-refractivity contribution in [2.75, 3.05) is 6.54 Å². The van der Waals surface area contributed by atoms with Gasteiger partial charge in [-0.2, -0.15) is 0 Å². The topological polar surface area (TPSA) is 60.3 Å². The Kier molecular flexibility index (Phi) is 3.79. The van der Waals surface area contributed by atoms with Gasteiger partial charge in [-0.25, -0.2) is 0 Å². The van der Waals surface area contributed by atoms with Crippen molar-refractivity contribution in [2.45, 2.75) is 26.0 Å². The van der Waals surface area contributed by atoms with Gasteiger partial charge in [-0.1, -0.05) is 29.5 Å². The SMILES string of the molecule is Cc1csc(=O)n1CC(=O)NC[C@H]1Cc2ccccc2O1. The summed E-state index contributed by atoms with van der Waals surface area (Å²) in [4.78, 5) is 23.4. The number of aromatic nitrogens is 1. The van der Waals surface area contributed by atoms with Gasteiger partial charge in [-0.3, -0.25) is 14.2 Å². The van der Waals surface area contributed by atoms with Gasteiger partial charge in [0.1, 0.15) is 18.4 Å². The van der Waals surface area contributed by atoms with E-state index < -0.39 is 0 Å². The van der Waals surface area contributed by atoms with Crippen molar-refractivity contribution < 1.29 is 9.53 Å². The molecule has 1 aromatic heterocycles. The first-order chi connectivity index (χ1) is 10.1. The predicted octanol–water partition coefficient (Wildman–Crippen LogP) is 1.34. The van der Waals surface area contributed by atoms with E-state index in [2.05, 4.69) is 5.32 Å². The third-order valence-corrected chi connectivity index (χ3v) is 4.40. The molecule has 1 atom stereocenters. The van der Waals surface area contributed by atoms with Crippen LogP contribution in [0.5, 0.6) is 5.75 Å². The lowest BCUT2D eigenvalue weighted by atomic mass is 10.1. The number of amides is 1. The van der Waals surface area contributed by atoms with Gasteiger partial charge in [0.15, 0.2) is 0 Å². The average Bonchev–Trinajstić information content (AvgIpc) is 3.03. The van der Waals surface area contributed by atoms with Gasteiger partial charge in [0.05, 0.1) is 6.54 Å². The van der Waals surface area contributed by atoms with Crippen LogP contribution in [-0.4, -0.2) is 23.1 Å². The highest BCUT2D eigenvalue weighted by molar-refractivity contribution is 7.07. The number of nitrogens with one attached hydrogen (secondary N) is 1. The molecule has 1 N–H and O–H groups in total. The molecule has 3 rings (SSSR count). The summed E-state index contributed by atoms with van der Waals surface area (Å²) in [7, 11) is 0. The number of fused-ring (bicyclic) bond motifs is 1. The third kappa shape index (κ3) is 3.00. The quantitative estimate of drug-likeness (QED) is 0.927. The van der Waals surface area contributed by atoms with Gasteiger partial charge in [0.2, 0.25) is 5.91 Å². The number of hydrogen-bond acceptors (Lipinski definition) is 4. The molecule has 0 bridgehead atoms. The molecule has 110 valence electrons. The number of ether oxygens (including phenoxy) is 1. The van der Waals surface area contributed by atoms with Crippen LogP contribution in [0.4, 0.5) is 0 Å². The summed E-state index contributed by atoms with van der Waals surface area (Å²) in [5, 5.41) is 4.59. The van der Waals surface area contributed by atoms with Crippen LogP contribution in [0.3, 0.4) is 0 Å². The maximum Gasteiger partial charge on any atom is 0.307 e. The normalized spacial score (nSPS) is 16.3. The van der Waals surface area contributed by atoms with Crippen LogP contribution in [0.2, 0.25) is 0 Å². The number of aryl methyl sites for hydroxylation is 1. The lowest BCUT2D eigenvalue weighted by Gasteiger charge is -2.12. The van der Waals surface area contributed by atoms with Crippen molar-refractivity contribution in [3.05, 3.63) is 50.6 Å². The first kappa shape index (κ1) is 13.9. The summed E-state index contributed by atoms with van der Waals surface area (Å²) in [6.45, 7) is 2.33. The van der Waals surface area contributed by atoms with E-state index in [0.717, 1.165) is 29.2 Å². The minimum atomic E-state index is -0.168. The van der Waals surface area contributed by atoms with Crippen molar-refractivity contribution in [1.29, 1.82) is 0 Å². The van der Waals surface area contributed by atoms with Gasteiger partial charge >= 0.3 is 4.87 Å². The highest BCUT2D eigenvalue weighted by Crippen LogP contribution is 2.27. The zero-order valence-corrected chi connectivity index (χ0v) is 12.5. The molecule has 5 nitrogen and oxygen atoms in total. The predicted molar refractivity (Wildman–Crippen MR) is 80.9 cm³/mol. The molecule has 0 unspecified atom stereocenters. The molecule has 2 aromatic rings. The van der Waals surface area contributed by atoms with Crippen LogP contribution in [0, 0.1) is 6.92 Å². The average molecular weight is 304 g/mol. The molecule has 0 saturated heterocycles. The zero-order chi connectivity index (χ0) is 14.8. The smallest absolute Gasteiger partial charge is 0.307 e. The van der Waals surface area contributed by atoms with E-state index in [0.29, 0.717) is 6.54 Å². The van der Waals surface area contributed by atoms with Gasteiger partial charge in [-0.05, 0) is 18.6 Å². The molecular formula is C15H16N2O3S. The lowest BCUT2D eigenvalue weighted by Crippen LogP contribution is -2.37. The maximum absolute atomic E-state index is 11.9. The molecule has 0 fully saturated rings. The number of nitrogens with zero attached hydrogens (tertiary/aromatic N) is 1. The molecule has 1 amide bonds. The maximum atomic E-state index is 11.9. The number of hydrogen-bond donors (Lipinski definition) is 1. The first-order valence-corrected chi connectivity index (χ1v) is 7.67. The van der Waals surface area contributed by atoms with E-state index in [4.69, 9.17) is 4.74 Å². The van der Waals surface area contributed by atoms with E-state index >= 15 is 0 Å². The summed E-state index contributed by atoms with van der Waals surface area (Å²) >= 11 is 1.11. The van der Waals surface area contributed by atoms with Gasteiger partial charge in [0.25, 0.3) is 0 Å². The molecule has 0 saturated carbocycles. The second-order valence-electron chi connectivity index (χ2n) is 5.08. The Hall–Kier alpha value is -2.08. The van der Waals surface area contributed by atoms with E-state index in [-0.39, 0.29) is 23.4 Å². The Labute approximate surface area is 126 Å². The number of benzene rings is 1. The fraction of sp³-hybridized carbons (Fsp3) is 0.333. The number of para-hydroxylation sites is 1. The minimum absolute atomic E-state index is 0.0355. The molecule has 2 heterocycles. The van der Waals surface area contributed by atoms with Crippen molar-refractivity contribution >= 4 is 17.2 Å². The minimum Gasteiger partial charge on any atom is -0.488 e. The highest BCUT2D eigenvalue weighted by Gasteiger charge is 2.22. The Bertz CT molecular complexity index is 695. The van der Waals surface area contributed by atoms with Crippen LogP contribution in [0.1, 0.15) is 11.3 Å². The van der Waals surface area contributed by atoms with E-state index in [1.807, 2.05) is 31.2 Å². The second kappa shape index (κ2) is 5.73. The van der Waals surface area contributed by atoms with Crippen molar-refractivity contribution in [3.8, 4) is 5.75 Å². The molecule has 6 heteroatoms. The summed E-state index contributed by atoms with van der Waals surface area (Å²) < 4.78 is 7.24. The van der Waals surface area contributed by atoms with Gasteiger partial charge in [0, 0.05) is 17.5 Å². The standard InChI is InChI=1S/C15H16N2O3S/c1-10-9-21-15(19)17(10)8-14(18)16-7-12-6-11-4-2-3-5-13(11)20-12/h2-5,9,12H,6-8H2,1H3,(H,16,18)/t12-/m1/s1. The third-order valence-electron chi connectivity index (χ3n) is 3.52. The molecular weight excluding hydrogens is 288 g/mol. The first-order valence-electron chi connectivity index (χ1n) is 6.79. The number of carbonyl (C=O) groups excluding carboxylic acids is 1. The fourth-order valence-electron chi connectivity index (χ4n) is 2.39. The monoisotopic (exact) mass is 304 g/mol. The van der Waals surface area contributed by atoms with E-state index in [1.54, 1.807) is 5.38 Å². The summed E-state index contributed by atoms with van der Waals surface area (Å²) in [6.07, 6.45) is 0.764. The van der Waals surface area contributed by atoms with E-state index in [1.165, 1.54) is 10.1 Å². The molecule has 1 aromatic carbocycles. The molecule has 0 radical (unpaired) electrons. The molecule has 21 heavy (non-hydrogen) atoms. The Morgan fingerprint density at radius 3 is 3.00 bits per heavy atom. The lowest BCUT2D eigenvalue weighted by molar-refractivity contribution is -0.122. The summed E-state index contributed by atoms with van der Waals surface area (Å²) in [6, 6.07) is 7.89. The van der Waals surface area contributed by atoms with Crippen molar-refractivity contribution in [3.63, 3.8) is 0 Å². The Morgan fingerprint density at radius 1 is 1.48 bits per heavy atom. The number of thiazole rings is 1. The Balaban J connectivity index is 1.53. The van der Waals surface area contributed by atoms with Crippen LogP contribution in [-0.2, 0) is 17.8 Å². The number of carbonyl (C=O) groups is 1. The molecule has 0 spiro atoms. The van der Waals surface area contributed by atoms with Crippen LogP contribution < -0.4 is 14.9 Å². The van der Waals surface area contributed by atoms with E-state index in [9.17, 15) is 9.59 Å². The highest BCUT2D eigenvalue weighted by atomic mass is 32.1. The van der Waals surface area contributed by atoms with Crippen molar-refractivity contribution in [1.82, 2.24) is 9.88 Å². The van der Waals surface area contributed by atoms with Gasteiger partial charge in [-0.15, -0.1) is 0 Å². The summed E-state index contributed by atoms with van der Waals surface area (Å²) in [5.74, 6) is 0.722. The van der Waals surface area contributed by atoms with Crippen LogP contribution in [0.15, 0.2) is 34.4 Å². The van der Waals surface area contributed by atoms with Crippen LogP contribution >= 0.6 is 11.3 Å². The van der Waals surface area contributed by atoms with Crippen LogP contribution in [0.25, 0.3) is 0 Å². The molecule has 1 aliphatic heterocycles. The largest absolute Gasteiger partial charge is 0.488 e. The summed E-state index contributed by atoms with van der Waals surface area (Å²) in [5.41, 5.74) is 1.98. The molecule has 0 aliphatic carbocycles. The zero-order valence-electron chi connectivity index (χ0n) is 11.7. The Morgan fingerprint density at radius 2 is 2.29 bits per heavy atom. The van der Waals surface area contributed by atoms with Crippen molar-refractivity contribution in [2.24, 2.45) is 0 Å². The second-order valence-corrected chi connectivity index (χ2v) is 5.91.